The lowest BCUT2D eigenvalue weighted by Crippen LogP contribution is -1.98. The lowest BCUT2D eigenvalue weighted by atomic mass is 10.2. The predicted molar refractivity (Wildman–Crippen MR) is 79.3 cm³/mol. The number of rotatable bonds is 3. The van der Waals surface area contributed by atoms with Crippen LogP contribution in [0.1, 0.15) is 5.56 Å². The van der Waals surface area contributed by atoms with E-state index in [0.717, 1.165) is 5.56 Å². The number of nitrogen functional groups attached to an aromatic ring is 1. The van der Waals surface area contributed by atoms with Gasteiger partial charge in [-0.3, -0.25) is 0 Å². The third-order valence-corrected chi connectivity index (χ3v) is 3.68. The summed E-state index contributed by atoms with van der Waals surface area (Å²) in [5, 5.41) is 0.525. The van der Waals surface area contributed by atoms with Gasteiger partial charge in [0.15, 0.2) is 0 Å². The quantitative estimate of drug-likeness (QED) is 0.610. The Kier molecular flexibility index (Phi) is 4.55. The third kappa shape index (κ3) is 3.53. The van der Waals surface area contributed by atoms with Crippen LogP contribution in [0.25, 0.3) is 0 Å². The number of nitrogens with two attached hydrogens (primary N) is 1. The number of benzene rings is 2. The number of anilines is 1. The van der Waals surface area contributed by atoms with E-state index in [4.69, 9.17) is 33.7 Å². The molecule has 2 nitrogen and oxygen atoms in total. The van der Waals surface area contributed by atoms with Crippen molar-refractivity contribution in [1.29, 1.82) is 0 Å². The fourth-order valence-electron chi connectivity index (χ4n) is 1.46. The minimum atomic E-state index is -0.532. The van der Waals surface area contributed by atoms with Crippen molar-refractivity contribution in [2.45, 2.75) is 6.61 Å². The molecule has 0 unspecified atom stereocenters. The summed E-state index contributed by atoms with van der Waals surface area (Å²) >= 11 is 14.7. The van der Waals surface area contributed by atoms with Crippen molar-refractivity contribution < 1.29 is 9.13 Å². The molecule has 0 aliphatic heterocycles. The van der Waals surface area contributed by atoms with Crippen LogP contribution >= 0.6 is 39.1 Å². The molecule has 2 aromatic carbocycles. The Morgan fingerprint density at radius 2 is 1.89 bits per heavy atom. The van der Waals surface area contributed by atoms with Crippen LogP contribution in [0.3, 0.4) is 0 Å². The molecular weight excluding hydrogens is 356 g/mol. The Hall–Kier alpha value is -0.970. The summed E-state index contributed by atoms with van der Waals surface area (Å²) in [7, 11) is 0. The maximum absolute atomic E-state index is 13.3. The molecule has 0 aliphatic rings. The van der Waals surface area contributed by atoms with E-state index in [-0.39, 0.29) is 11.6 Å². The van der Waals surface area contributed by atoms with E-state index in [1.165, 1.54) is 12.1 Å². The van der Waals surface area contributed by atoms with E-state index >= 15 is 0 Å². The first kappa shape index (κ1) is 14.4. The molecule has 0 aliphatic carbocycles. The summed E-state index contributed by atoms with van der Waals surface area (Å²) in [6, 6.07) is 7.86. The maximum atomic E-state index is 13.3. The van der Waals surface area contributed by atoms with E-state index in [1.807, 2.05) is 0 Å². The predicted octanol–water partition coefficient (Wildman–Crippen LogP) is 5.06. The normalized spacial score (nSPS) is 10.5. The molecule has 0 heterocycles. The van der Waals surface area contributed by atoms with E-state index in [0.29, 0.717) is 20.9 Å². The Labute approximate surface area is 128 Å². The molecule has 0 amide bonds. The highest BCUT2D eigenvalue weighted by Crippen LogP contribution is 2.31. The van der Waals surface area contributed by atoms with Gasteiger partial charge in [-0.05, 0) is 39.7 Å². The topological polar surface area (TPSA) is 35.2 Å². The van der Waals surface area contributed by atoms with Crippen LogP contribution < -0.4 is 10.5 Å². The van der Waals surface area contributed by atoms with Crippen molar-refractivity contribution in [1.82, 2.24) is 0 Å². The monoisotopic (exact) mass is 363 g/mol. The smallest absolute Gasteiger partial charge is 0.145 e. The average Bonchev–Trinajstić information content (AvgIpc) is 2.36. The van der Waals surface area contributed by atoms with E-state index in [1.54, 1.807) is 18.2 Å². The van der Waals surface area contributed by atoms with Gasteiger partial charge in [0.05, 0.1) is 20.2 Å². The van der Waals surface area contributed by atoms with Gasteiger partial charge in [-0.1, -0.05) is 29.3 Å². The highest BCUT2D eigenvalue weighted by molar-refractivity contribution is 9.10. The molecule has 0 fully saturated rings. The first-order valence-electron chi connectivity index (χ1n) is 5.28. The van der Waals surface area contributed by atoms with Gasteiger partial charge in [0.1, 0.15) is 18.2 Å². The zero-order chi connectivity index (χ0) is 14.0. The summed E-state index contributed by atoms with van der Waals surface area (Å²) in [6.07, 6.45) is 0. The molecule has 0 aromatic heterocycles. The zero-order valence-electron chi connectivity index (χ0n) is 9.59. The molecule has 0 saturated carbocycles. The largest absolute Gasteiger partial charge is 0.488 e. The SMILES string of the molecule is Nc1cc(COc2cc(F)c(Cl)cc2Br)ccc1Cl. The highest BCUT2D eigenvalue weighted by atomic mass is 79.9. The summed E-state index contributed by atoms with van der Waals surface area (Å²) < 4.78 is 19.4. The van der Waals surface area contributed by atoms with Crippen molar-refractivity contribution in [3.05, 3.63) is 56.2 Å². The average molecular weight is 365 g/mol. The molecule has 0 saturated heterocycles. The van der Waals surface area contributed by atoms with Gasteiger partial charge in [-0.2, -0.15) is 0 Å². The maximum Gasteiger partial charge on any atom is 0.145 e. The van der Waals surface area contributed by atoms with Crippen molar-refractivity contribution in [2.24, 2.45) is 0 Å². The second-order valence-electron chi connectivity index (χ2n) is 3.84. The van der Waals surface area contributed by atoms with Crippen molar-refractivity contribution in [3.63, 3.8) is 0 Å². The standard InChI is InChI=1S/C13H9BrCl2FNO/c14-8-4-10(16)11(17)5-13(8)19-6-7-1-2-9(15)12(18)3-7/h1-5H,6,18H2. The molecule has 6 heteroatoms. The van der Waals surface area contributed by atoms with E-state index < -0.39 is 5.82 Å². The van der Waals surface area contributed by atoms with Crippen LogP contribution in [-0.4, -0.2) is 0 Å². The first-order chi connectivity index (χ1) is 8.97. The molecule has 0 atom stereocenters. The first-order valence-corrected chi connectivity index (χ1v) is 6.83. The van der Waals surface area contributed by atoms with E-state index in [9.17, 15) is 4.39 Å². The lowest BCUT2D eigenvalue weighted by molar-refractivity contribution is 0.302. The fourth-order valence-corrected chi connectivity index (χ4v) is 2.33. The van der Waals surface area contributed by atoms with Crippen molar-refractivity contribution in [2.75, 3.05) is 5.73 Å². The minimum Gasteiger partial charge on any atom is -0.488 e. The number of ether oxygens (including phenoxy) is 1. The van der Waals surface area contributed by atoms with Crippen LogP contribution in [0, 0.1) is 5.82 Å². The number of hydrogen-bond acceptors (Lipinski definition) is 2. The van der Waals surface area contributed by atoms with Crippen molar-refractivity contribution in [3.8, 4) is 5.75 Å². The van der Waals surface area contributed by atoms with Gasteiger partial charge in [0.25, 0.3) is 0 Å². The molecule has 19 heavy (non-hydrogen) atoms. The molecular formula is C13H9BrCl2FNO. The van der Waals surface area contributed by atoms with Crippen LogP contribution in [-0.2, 0) is 6.61 Å². The Morgan fingerprint density at radius 1 is 1.16 bits per heavy atom. The number of hydrogen-bond donors (Lipinski definition) is 1. The highest BCUT2D eigenvalue weighted by Gasteiger charge is 2.08. The van der Waals surface area contributed by atoms with E-state index in [2.05, 4.69) is 15.9 Å². The Morgan fingerprint density at radius 3 is 2.58 bits per heavy atom. The summed E-state index contributed by atoms with van der Waals surface area (Å²) in [5.41, 5.74) is 7.00. The fraction of sp³-hybridized carbons (Fsp3) is 0.0769. The van der Waals surface area contributed by atoms with Crippen LogP contribution in [0.5, 0.6) is 5.75 Å². The molecule has 100 valence electrons. The van der Waals surface area contributed by atoms with Crippen LogP contribution in [0.4, 0.5) is 10.1 Å². The summed E-state index contributed by atoms with van der Waals surface area (Å²) in [5.74, 6) is -0.161. The third-order valence-electron chi connectivity index (χ3n) is 2.43. The van der Waals surface area contributed by atoms with Gasteiger partial charge in [-0.25, -0.2) is 4.39 Å². The molecule has 2 N–H and O–H groups in total. The van der Waals surface area contributed by atoms with Gasteiger partial charge in [-0.15, -0.1) is 0 Å². The van der Waals surface area contributed by atoms with Gasteiger partial charge in [0.2, 0.25) is 0 Å². The minimum absolute atomic E-state index is 0.0370. The summed E-state index contributed by atoms with van der Waals surface area (Å²) in [6.45, 7) is 0.251. The number of halogens is 4. The second kappa shape index (κ2) is 5.99. The molecule has 2 aromatic rings. The summed E-state index contributed by atoms with van der Waals surface area (Å²) in [4.78, 5) is 0. The molecule has 0 radical (unpaired) electrons. The lowest BCUT2D eigenvalue weighted by Gasteiger charge is -2.10. The second-order valence-corrected chi connectivity index (χ2v) is 5.51. The Bertz CT molecular complexity index is 622. The van der Waals surface area contributed by atoms with Gasteiger partial charge in [0, 0.05) is 6.07 Å². The molecule has 2 rings (SSSR count). The Balaban J connectivity index is 2.14. The molecule has 0 spiro atoms. The van der Waals surface area contributed by atoms with Crippen LogP contribution in [0.2, 0.25) is 10.0 Å². The van der Waals surface area contributed by atoms with Gasteiger partial charge < -0.3 is 10.5 Å². The molecule has 0 bridgehead atoms. The van der Waals surface area contributed by atoms with Crippen LogP contribution in [0.15, 0.2) is 34.8 Å². The zero-order valence-corrected chi connectivity index (χ0v) is 12.7. The van der Waals surface area contributed by atoms with Gasteiger partial charge >= 0.3 is 0 Å². The van der Waals surface area contributed by atoms with Crippen molar-refractivity contribution >= 4 is 44.8 Å².